The largest absolute Gasteiger partial charge is 0.525 e. The fraction of sp³-hybridized carbons (Fsp3) is 0.857. The van der Waals surface area contributed by atoms with E-state index in [1.54, 1.807) is 5.06 Å². The predicted octanol–water partition coefficient (Wildman–Crippen LogP) is 0.938. The summed E-state index contributed by atoms with van der Waals surface area (Å²) in [7, 11) is 0. The van der Waals surface area contributed by atoms with Gasteiger partial charge in [0, 0.05) is 13.1 Å². The Morgan fingerprint density at radius 1 is 1.36 bits per heavy atom. The van der Waals surface area contributed by atoms with Crippen LogP contribution in [0.25, 0.3) is 0 Å². The zero-order chi connectivity index (χ0) is 7.84. The van der Waals surface area contributed by atoms with Crippen LogP contribution in [0.4, 0.5) is 4.79 Å². The highest BCUT2D eigenvalue weighted by atomic mass is 16.8. The average Bonchev–Trinajstić information content (AvgIpc) is 2.12. The standard InChI is InChI=1S/C7H11NO3/c9-7(10)11-8-3-5-1-2-6(5)4-8/h5-6H,1-4H2,(H,9,10). The maximum absolute atomic E-state index is 10.1. The fourth-order valence-corrected chi connectivity index (χ4v) is 1.90. The summed E-state index contributed by atoms with van der Waals surface area (Å²) in [6, 6.07) is 0. The minimum Gasteiger partial charge on any atom is -0.448 e. The lowest BCUT2D eigenvalue weighted by atomic mass is 9.77. The minimum absolute atomic E-state index is 0.703. The maximum atomic E-state index is 10.1. The van der Waals surface area contributed by atoms with Gasteiger partial charge in [0.25, 0.3) is 0 Å². The minimum atomic E-state index is -1.19. The van der Waals surface area contributed by atoms with Crippen LogP contribution in [0.1, 0.15) is 12.8 Å². The van der Waals surface area contributed by atoms with Gasteiger partial charge >= 0.3 is 6.16 Å². The Labute approximate surface area is 64.7 Å². The molecule has 1 N–H and O–H groups in total. The number of carboxylic acid groups (broad SMARTS) is 1. The molecule has 0 aromatic rings. The lowest BCUT2D eigenvalue weighted by molar-refractivity contribution is -0.105. The van der Waals surface area contributed by atoms with Crippen molar-refractivity contribution in [2.24, 2.45) is 11.8 Å². The third-order valence-corrected chi connectivity index (χ3v) is 2.66. The van der Waals surface area contributed by atoms with E-state index >= 15 is 0 Å². The van der Waals surface area contributed by atoms with E-state index in [1.807, 2.05) is 0 Å². The van der Waals surface area contributed by atoms with Crippen molar-refractivity contribution in [2.75, 3.05) is 13.1 Å². The molecule has 2 rings (SSSR count). The number of fused-ring (bicyclic) bond motifs is 1. The van der Waals surface area contributed by atoms with Crippen LogP contribution < -0.4 is 0 Å². The van der Waals surface area contributed by atoms with Gasteiger partial charge in [0.05, 0.1) is 0 Å². The zero-order valence-electron chi connectivity index (χ0n) is 6.19. The summed E-state index contributed by atoms with van der Waals surface area (Å²) in [5.74, 6) is 1.41. The molecule has 1 aliphatic heterocycles. The van der Waals surface area contributed by atoms with Crippen molar-refractivity contribution in [3.63, 3.8) is 0 Å². The number of hydrogen-bond acceptors (Lipinski definition) is 3. The molecule has 0 amide bonds. The molecule has 4 nitrogen and oxygen atoms in total. The van der Waals surface area contributed by atoms with Crippen LogP contribution in [-0.4, -0.2) is 29.4 Å². The van der Waals surface area contributed by atoms with Crippen LogP contribution in [0.15, 0.2) is 0 Å². The van der Waals surface area contributed by atoms with E-state index in [-0.39, 0.29) is 0 Å². The van der Waals surface area contributed by atoms with E-state index in [0.717, 1.165) is 13.1 Å². The van der Waals surface area contributed by atoms with Gasteiger partial charge in [0.1, 0.15) is 0 Å². The summed E-state index contributed by atoms with van der Waals surface area (Å²) < 4.78 is 0. The molecule has 0 aromatic carbocycles. The van der Waals surface area contributed by atoms with Gasteiger partial charge in [-0.2, -0.15) is 0 Å². The van der Waals surface area contributed by atoms with Crippen molar-refractivity contribution in [2.45, 2.75) is 12.8 Å². The summed E-state index contributed by atoms with van der Waals surface area (Å²) >= 11 is 0. The second-order valence-corrected chi connectivity index (χ2v) is 3.30. The Kier molecular flexibility index (Phi) is 1.49. The van der Waals surface area contributed by atoms with E-state index in [2.05, 4.69) is 4.84 Å². The quantitative estimate of drug-likeness (QED) is 0.615. The zero-order valence-corrected chi connectivity index (χ0v) is 6.19. The summed E-state index contributed by atoms with van der Waals surface area (Å²) in [5, 5.41) is 9.86. The summed E-state index contributed by atoms with van der Waals surface area (Å²) in [6.45, 7) is 1.61. The first-order valence-electron chi connectivity index (χ1n) is 3.91. The van der Waals surface area contributed by atoms with Gasteiger partial charge in [-0.1, -0.05) is 0 Å². The van der Waals surface area contributed by atoms with Crippen molar-refractivity contribution in [1.29, 1.82) is 0 Å². The molecule has 2 aliphatic rings. The molecular formula is C7H11NO3. The maximum Gasteiger partial charge on any atom is 0.525 e. The fourth-order valence-electron chi connectivity index (χ4n) is 1.90. The molecule has 1 aliphatic carbocycles. The Morgan fingerprint density at radius 3 is 2.27 bits per heavy atom. The van der Waals surface area contributed by atoms with Crippen LogP contribution in [-0.2, 0) is 4.84 Å². The van der Waals surface area contributed by atoms with Gasteiger partial charge in [0.15, 0.2) is 0 Å². The molecule has 11 heavy (non-hydrogen) atoms. The van der Waals surface area contributed by atoms with E-state index in [9.17, 15) is 4.79 Å². The second-order valence-electron chi connectivity index (χ2n) is 3.30. The Morgan fingerprint density at radius 2 is 1.91 bits per heavy atom. The highest BCUT2D eigenvalue weighted by Crippen LogP contribution is 2.40. The van der Waals surface area contributed by atoms with E-state index < -0.39 is 6.16 Å². The van der Waals surface area contributed by atoms with Gasteiger partial charge in [-0.15, -0.1) is 5.06 Å². The molecule has 0 spiro atoms. The normalized spacial score (nSPS) is 36.0. The third kappa shape index (κ3) is 1.18. The van der Waals surface area contributed by atoms with Crippen LogP contribution >= 0.6 is 0 Å². The smallest absolute Gasteiger partial charge is 0.448 e. The summed E-state index contributed by atoms with van der Waals surface area (Å²) in [5.41, 5.74) is 0. The molecule has 0 aromatic heterocycles. The number of hydrogen-bond donors (Lipinski definition) is 1. The van der Waals surface area contributed by atoms with Crippen molar-refractivity contribution in [1.82, 2.24) is 5.06 Å². The third-order valence-electron chi connectivity index (χ3n) is 2.66. The average molecular weight is 157 g/mol. The first kappa shape index (κ1) is 6.91. The van der Waals surface area contributed by atoms with Gasteiger partial charge in [0.2, 0.25) is 0 Å². The molecular weight excluding hydrogens is 146 g/mol. The predicted molar refractivity (Wildman–Crippen MR) is 36.9 cm³/mol. The number of rotatable bonds is 1. The molecule has 1 saturated carbocycles. The highest BCUT2D eigenvalue weighted by Gasteiger charge is 2.40. The molecule has 0 radical (unpaired) electrons. The molecule has 62 valence electrons. The topological polar surface area (TPSA) is 49.8 Å². The van der Waals surface area contributed by atoms with E-state index in [4.69, 9.17) is 5.11 Å². The Balaban J connectivity index is 1.84. The molecule has 0 bridgehead atoms. The van der Waals surface area contributed by atoms with Crippen molar-refractivity contribution >= 4 is 6.16 Å². The SMILES string of the molecule is O=C(O)ON1CC2CCC2C1. The van der Waals surface area contributed by atoms with Gasteiger partial charge in [-0.05, 0) is 24.7 Å². The van der Waals surface area contributed by atoms with Gasteiger partial charge < -0.3 is 9.94 Å². The first-order valence-corrected chi connectivity index (χ1v) is 3.91. The van der Waals surface area contributed by atoms with Crippen LogP contribution in [0.3, 0.4) is 0 Å². The van der Waals surface area contributed by atoms with Crippen LogP contribution in [0.2, 0.25) is 0 Å². The molecule has 2 fully saturated rings. The van der Waals surface area contributed by atoms with Crippen molar-refractivity contribution in [3.8, 4) is 0 Å². The van der Waals surface area contributed by atoms with Crippen molar-refractivity contribution < 1.29 is 14.7 Å². The van der Waals surface area contributed by atoms with E-state index in [0.29, 0.717) is 11.8 Å². The lowest BCUT2D eigenvalue weighted by Crippen LogP contribution is -2.23. The second kappa shape index (κ2) is 2.37. The Bertz CT molecular complexity index is 171. The first-order chi connectivity index (χ1) is 5.25. The van der Waals surface area contributed by atoms with Crippen LogP contribution in [0.5, 0.6) is 0 Å². The highest BCUT2D eigenvalue weighted by molar-refractivity contribution is 5.56. The summed E-state index contributed by atoms with van der Waals surface area (Å²) in [6.07, 6.45) is 1.29. The number of carbonyl (C=O) groups is 1. The molecule has 2 unspecified atom stereocenters. The molecule has 2 atom stereocenters. The van der Waals surface area contributed by atoms with Gasteiger partial charge in [-0.25, -0.2) is 4.79 Å². The van der Waals surface area contributed by atoms with E-state index in [1.165, 1.54) is 12.8 Å². The molecule has 1 saturated heterocycles. The lowest BCUT2D eigenvalue weighted by Gasteiger charge is -2.27. The number of nitrogens with zero attached hydrogens (tertiary/aromatic N) is 1. The monoisotopic (exact) mass is 157 g/mol. The van der Waals surface area contributed by atoms with Crippen molar-refractivity contribution in [3.05, 3.63) is 0 Å². The Hall–Kier alpha value is -0.770. The molecule has 1 heterocycles. The van der Waals surface area contributed by atoms with Gasteiger partial charge in [-0.3, -0.25) is 0 Å². The summed E-state index contributed by atoms with van der Waals surface area (Å²) in [4.78, 5) is 14.7. The number of hydroxylamine groups is 2. The van der Waals surface area contributed by atoms with Crippen LogP contribution in [0, 0.1) is 11.8 Å². The molecule has 4 heteroatoms.